The molecule has 0 atom stereocenters. The molecule has 1 aliphatic carbocycles. The minimum absolute atomic E-state index is 0.129. The van der Waals surface area contributed by atoms with Gasteiger partial charge in [-0.05, 0) is 55.4 Å². The number of aromatic nitrogens is 2. The molecule has 1 amide bonds. The van der Waals surface area contributed by atoms with Gasteiger partial charge in [-0.2, -0.15) is 0 Å². The minimum Gasteiger partial charge on any atom is -0.352 e. The molecule has 0 bridgehead atoms. The standard InChI is InChI=1S/C29H33FN4O/c30-24-12-10-23(11-13-24)29(15-4-5-16-29)20-26-25(21-32-28(33-26)34-18-6-7-19-34)27(35)31-17-14-22-8-2-1-3-9-22/h1-3,8-13,21H,4-7,14-20H2,(H,31,35). The van der Waals surface area contributed by atoms with Gasteiger partial charge in [-0.25, -0.2) is 14.4 Å². The number of nitrogens with zero attached hydrogens (tertiary/aromatic N) is 3. The van der Waals surface area contributed by atoms with Gasteiger partial charge < -0.3 is 10.2 Å². The Morgan fingerprint density at radius 2 is 1.69 bits per heavy atom. The molecule has 5 nitrogen and oxygen atoms in total. The number of halogens is 1. The summed E-state index contributed by atoms with van der Waals surface area (Å²) >= 11 is 0. The van der Waals surface area contributed by atoms with Crippen molar-refractivity contribution in [1.29, 1.82) is 0 Å². The lowest BCUT2D eigenvalue weighted by Gasteiger charge is -2.30. The van der Waals surface area contributed by atoms with Crippen LogP contribution in [0.15, 0.2) is 60.8 Å². The fraction of sp³-hybridized carbons (Fsp3) is 0.414. The fourth-order valence-corrected chi connectivity index (χ4v) is 5.60. The number of rotatable bonds is 8. The third-order valence-electron chi connectivity index (χ3n) is 7.55. The fourth-order valence-electron chi connectivity index (χ4n) is 5.60. The molecule has 1 aromatic heterocycles. The Bertz CT molecular complexity index is 1140. The van der Waals surface area contributed by atoms with Gasteiger partial charge >= 0.3 is 0 Å². The summed E-state index contributed by atoms with van der Waals surface area (Å²) in [5, 5.41) is 3.08. The van der Waals surface area contributed by atoms with Gasteiger partial charge in [-0.15, -0.1) is 0 Å². The Hall–Kier alpha value is -3.28. The number of nitrogens with one attached hydrogen (secondary N) is 1. The number of benzene rings is 2. The summed E-state index contributed by atoms with van der Waals surface area (Å²) in [6, 6.07) is 17.0. The lowest BCUT2D eigenvalue weighted by molar-refractivity contribution is 0.0952. The lowest BCUT2D eigenvalue weighted by atomic mass is 9.74. The van der Waals surface area contributed by atoms with Crippen molar-refractivity contribution in [3.8, 4) is 0 Å². The van der Waals surface area contributed by atoms with Gasteiger partial charge in [0.15, 0.2) is 0 Å². The Kier molecular flexibility index (Phi) is 7.07. The quantitative estimate of drug-likeness (QED) is 0.487. The zero-order valence-corrected chi connectivity index (χ0v) is 20.2. The molecular weight excluding hydrogens is 439 g/mol. The van der Waals surface area contributed by atoms with E-state index in [2.05, 4.69) is 27.3 Å². The van der Waals surface area contributed by atoms with Crippen molar-refractivity contribution >= 4 is 11.9 Å². The largest absolute Gasteiger partial charge is 0.352 e. The molecule has 1 saturated carbocycles. The van der Waals surface area contributed by atoms with Crippen LogP contribution in [0.5, 0.6) is 0 Å². The minimum atomic E-state index is -0.223. The number of hydrogen-bond donors (Lipinski definition) is 1. The van der Waals surface area contributed by atoms with Crippen LogP contribution in [0, 0.1) is 5.82 Å². The van der Waals surface area contributed by atoms with Gasteiger partial charge in [0.2, 0.25) is 5.95 Å². The summed E-state index contributed by atoms with van der Waals surface area (Å²) in [5.41, 5.74) is 3.53. The van der Waals surface area contributed by atoms with Crippen LogP contribution in [0.4, 0.5) is 10.3 Å². The predicted molar refractivity (Wildman–Crippen MR) is 136 cm³/mol. The van der Waals surface area contributed by atoms with E-state index in [0.29, 0.717) is 24.5 Å². The lowest BCUT2D eigenvalue weighted by Crippen LogP contribution is -2.32. The highest BCUT2D eigenvalue weighted by Crippen LogP contribution is 2.44. The third-order valence-corrected chi connectivity index (χ3v) is 7.55. The predicted octanol–water partition coefficient (Wildman–Crippen LogP) is 5.24. The van der Waals surface area contributed by atoms with Crippen molar-refractivity contribution in [3.05, 3.63) is 89.0 Å². The normalized spacial score (nSPS) is 17.0. The maximum absolute atomic E-state index is 13.7. The average molecular weight is 473 g/mol. The Morgan fingerprint density at radius 1 is 0.971 bits per heavy atom. The second kappa shape index (κ2) is 10.5. The molecule has 1 aliphatic heterocycles. The molecule has 35 heavy (non-hydrogen) atoms. The van der Waals surface area contributed by atoms with Crippen LogP contribution in [0.1, 0.15) is 65.7 Å². The molecule has 2 aliphatic rings. The van der Waals surface area contributed by atoms with Crippen LogP contribution >= 0.6 is 0 Å². The maximum Gasteiger partial charge on any atom is 0.254 e. The molecule has 182 valence electrons. The van der Waals surface area contributed by atoms with E-state index in [-0.39, 0.29) is 17.1 Å². The molecule has 0 spiro atoms. The molecule has 1 N–H and O–H groups in total. The Morgan fingerprint density at radius 3 is 2.40 bits per heavy atom. The van der Waals surface area contributed by atoms with Crippen LogP contribution in [-0.2, 0) is 18.3 Å². The SMILES string of the molecule is O=C(NCCc1ccccc1)c1cnc(N2CCCC2)nc1CC1(c2ccc(F)cc2)CCCC1. The molecule has 2 fully saturated rings. The van der Waals surface area contributed by atoms with Crippen molar-refractivity contribution in [2.45, 2.75) is 56.8 Å². The topological polar surface area (TPSA) is 58.1 Å². The number of carbonyl (C=O) groups excluding carboxylic acids is 1. The number of carbonyl (C=O) groups is 1. The van der Waals surface area contributed by atoms with E-state index in [9.17, 15) is 9.18 Å². The van der Waals surface area contributed by atoms with Crippen molar-refractivity contribution in [2.75, 3.05) is 24.5 Å². The smallest absolute Gasteiger partial charge is 0.254 e. The van der Waals surface area contributed by atoms with Gasteiger partial charge in [0.25, 0.3) is 5.91 Å². The molecule has 5 rings (SSSR count). The molecule has 2 heterocycles. The van der Waals surface area contributed by atoms with Gasteiger partial charge in [0.05, 0.1) is 11.3 Å². The van der Waals surface area contributed by atoms with Gasteiger partial charge in [0, 0.05) is 37.7 Å². The van der Waals surface area contributed by atoms with Crippen LogP contribution in [-0.4, -0.2) is 35.5 Å². The Balaban J connectivity index is 1.42. The molecule has 0 unspecified atom stereocenters. The highest BCUT2D eigenvalue weighted by atomic mass is 19.1. The van der Waals surface area contributed by atoms with Crippen molar-refractivity contribution in [2.24, 2.45) is 0 Å². The van der Waals surface area contributed by atoms with E-state index >= 15 is 0 Å². The summed E-state index contributed by atoms with van der Waals surface area (Å²) in [5.74, 6) is 0.362. The summed E-state index contributed by atoms with van der Waals surface area (Å²) < 4.78 is 13.7. The molecule has 0 radical (unpaired) electrons. The molecule has 6 heteroatoms. The van der Waals surface area contributed by atoms with E-state index in [4.69, 9.17) is 4.98 Å². The zero-order chi connectivity index (χ0) is 24.1. The van der Waals surface area contributed by atoms with E-state index in [1.165, 1.54) is 5.56 Å². The molecule has 3 aromatic rings. The first-order valence-electron chi connectivity index (χ1n) is 12.8. The van der Waals surface area contributed by atoms with Crippen molar-refractivity contribution in [3.63, 3.8) is 0 Å². The number of anilines is 1. The van der Waals surface area contributed by atoms with Crippen molar-refractivity contribution in [1.82, 2.24) is 15.3 Å². The van der Waals surface area contributed by atoms with Crippen LogP contribution in [0.3, 0.4) is 0 Å². The first-order valence-corrected chi connectivity index (χ1v) is 12.8. The van der Waals surface area contributed by atoms with Gasteiger partial charge in [0.1, 0.15) is 5.82 Å². The molecule has 2 aromatic carbocycles. The first kappa shape index (κ1) is 23.5. The summed E-state index contributed by atoms with van der Waals surface area (Å²) in [4.78, 5) is 25.1. The molecule has 1 saturated heterocycles. The van der Waals surface area contributed by atoms with E-state index in [1.54, 1.807) is 18.3 Å². The highest BCUT2D eigenvalue weighted by Gasteiger charge is 2.37. The zero-order valence-electron chi connectivity index (χ0n) is 20.2. The van der Waals surface area contributed by atoms with Crippen LogP contribution in [0.2, 0.25) is 0 Å². The van der Waals surface area contributed by atoms with E-state index < -0.39 is 0 Å². The van der Waals surface area contributed by atoms with E-state index in [1.807, 2.05) is 30.3 Å². The maximum atomic E-state index is 13.7. The monoisotopic (exact) mass is 472 g/mol. The summed E-state index contributed by atoms with van der Waals surface area (Å²) in [7, 11) is 0. The highest BCUT2D eigenvalue weighted by molar-refractivity contribution is 5.95. The number of amides is 1. The third kappa shape index (κ3) is 5.37. The summed E-state index contributed by atoms with van der Waals surface area (Å²) in [6.07, 6.45) is 9.69. The average Bonchev–Trinajstić information content (AvgIpc) is 3.58. The first-order chi connectivity index (χ1) is 17.1. The van der Waals surface area contributed by atoms with Crippen molar-refractivity contribution < 1.29 is 9.18 Å². The van der Waals surface area contributed by atoms with Gasteiger partial charge in [-0.1, -0.05) is 55.3 Å². The van der Waals surface area contributed by atoms with Gasteiger partial charge in [-0.3, -0.25) is 4.79 Å². The Labute approximate surface area is 206 Å². The number of hydrogen-bond acceptors (Lipinski definition) is 4. The summed E-state index contributed by atoms with van der Waals surface area (Å²) in [6.45, 7) is 2.45. The molecular formula is C29H33FN4O. The van der Waals surface area contributed by atoms with Crippen LogP contribution in [0.25, 0.3) is 0 Å². The van der Waals surface area contributed by atoms with Crippen LogP contribution < -0.4 is 10.2 Å². The second-order valence-corrected chi connectivity index (χ2v) is 9.89. The van der Waals surface area contributed by atoms with E-state index in [0.717, 1.165) is 69.3 Å². The second-order valence-electron chi connectivity index (χ2n) is 9.89.